The summed E-state index contributed by atoms with van der Waals surface area (Å²) >= 11 is 0. The van der Waals surface area contributed by atoms with Crippen LogP contribution in [0.2, 0.25) is 0 Å². The molecule has 4 aromatic carbocycles. The van der Waals surface area contributed by atoms with Gasteiger partial charge in [0.1, 0.15) is 11.5 Å². The van der Waals surface area contributed by atoms with Crippen molar-refractivity contribution in [2.75, 3.05) is 25.6 Å². The van der Waals surface area contributed by atoms with E-state index in [2.05, 4.69) is 28.8 Å². The Morgan fingerprint density at radius 3 is 2.44 bits per heavy atom. The molecule has 34 heavy (non-hydrogen) atoms. The number of rotatable bonds is 10. The molecule has 0 bridgehead atoms. The summed E-state index contributed by atoms with van der Waals surface area (Å²) in [5.41, 5.74) is 4.12. The van der Waals surface area contributed by atoms with Crippen molar-refractivity contribution in [2.24, 2.45) is 0 Å². The lowest BCUT2D eigenvalue weighted by atomic mass is 10.0. The number of carbonyl (C=O) groups excluding carboxylic acids is 1. The van der Waals surface area contributed by atoms with Crippen LogP contribution in [0.25, 0.3) is 10.8 Å². The van der Waals surface area contributed by atoms with Crippen LogP contribution in [0.4, 0.5) is 5.69 Å². The Morgan fingerprint density at radius 2 is 1.62 bits per heavy atom. The lowest BCUT2D eigenvalue weighted by molar-refractivity contribution is -0.118. The number of para-hydroxylation sites is 1. The first-order valence-corrected chi connectivity index (χ1v) is 11.5. The van der Waals surface area contributed by atoms with E-state index in [-0.39, 0.29) is 12.5 Å². The normalized spacial score (nSPS) is 10.8. The van der Waals surface area contributed by atoms with Gasteiger partial charge in [-0.25, -0.2) is 0 Å². The molecule has 1 amide bonds. The summed E-state index contributed by atoms with van der Waals surface area (Å²) in [6.07, 6.45) is 0.851. The smallest absolute Gasteiger partial charge is 0.262 e. The van der Waals surface area contributed by atoms with Gasteiger partial charge in [-0.3, -0.25) is 4.79 Å². The van der Waals surface area contributed by atoms with Crippen molar-refractivity contribution < 1.29 is 14.3 Å². The second-order valence-corrected chi connectivity index (χ2v) is 8.20. The predicted molar refractivity (Wildman–Crippen MR) is 138 cm³/mol. The van der Waals surface area contributed by atoms with Gasteiger partial charge in [-0.05, 0) is 60.5 Å². The Hall–Kier alpha value is -3.83. The van der Waals surface area contributed by atoms with Crippen molar-refractivity contribution in [3.8, 4) is 11.5 Å². The highest BCUT2D eigenvalue weighted by Gasteiger charge is 2.11. The SMILES string of the molecule is COc1ccccc1CCNCc1c(OCC(=O)Nc2ccc(C)cc2)ccc2ccccc12. The van der Waals surface area contributed by atoms with Gasteiger partial charge in [0.15, 0.2) is 6.61 Å². The summed E-state index contributed by atoms with van der Waals surface area (Å²) in [6.45, 7) is 3.38. The van der Waals surface area contributed by atoms with Gasteiger partial charge in [0.25, 0.3) is 5.91 Å². The van der Waals surface area contributed by atoms with Gasteiger partial charge in [-0.1, -0.05) is 66.2 Å². The van der Waals surface area contributed by atoms with Crippen molar-refractivity contribution in [2.45, 2.75) is 19.9 Å². The number of aryl methyl sites for hydroxylation is 1. The maximum atomic E-state index is 12.5. The lowest BCUT2D eigenvalue weighted by Crippen LogP contribution is -2.22. The number of anilines is 1. The Balaban J connectivity index is 1.42. The number of methoxy groups -OCH3 is 1. The molecule has 0 aromatic heterocycles. The van der Waals surface area contributed by atoms with Crippen molar-refractivity contribution in [3.63, 3.8) is 0 Å². The summed E-state index contributed by atoms with van der Waals surface area (Å²) in [4.78, 5) is 12.5. The van der Waals surface area contributed by atoms with E-state index in [1.54, 1.807) is 7.11 Å². The molecule has 0 unspecified atom stereocenters. The summed E-state index contributed by atoms with van der Waals surface area (Å²) in [6, 6.07) is 28.0. The maximum Gasteiger partial charge on any atom is 0.262 e. The van der Waals surface area contributed by atoms with Crippen LogP contribution in [0.15, 0.2) is 84.9 Å². The van der Waals surface area contributed by atoms with E-state index < -0.39 is 0 Å². The van der Waals surface area contributed by atoms with E-state index in [1.807, 2.05) is 73.7 Å². The quantitative estimate of drug-likeness (QED) is 0.310. The molecule has 4 aromatic rings. The largest absolute Gasteiger partial charge is 0.496 e. The Morgan fingerprint density at radius 1 is 0.853 bits per heavy atom. The number of carbonyl (C=O) groups is 1. The Kier molecular flexibility index (Phi) is 7.79. The molecule has 0 spiro atoms. The molecule has 0 aliphatic rings. The second-order valence-electron chi connectivity index (χ2n) is 8.20. The number of amides is 1. The van der Waals surface area contributed by atoms with Gasteiger partial charge in [-0.2, -0.15) is 0 Å². The number of benzene rings is 4. The number of nitrogens with one attached hydrogen (secondary N) is 2. The van der Waals surface area contributed by atoms with E-state index >= 15 is 0 Å². The second kappa shape index (κ2) is 11.3. The molecule has 5 heteroatoms. The van der Waals surface area contributed by atoms with E-state index in [0.717, 1.165) is 46.3 Å². The van der Waals surface area contributed by atoms with Crippen LogP contribution in [0.5, 0.6) is 11.5 Å². The molecule has 0 radical (unpaired) electrons. The zero-order chi connectivity index (χ0) is 23.8. The first kappa shape index (κ1) is 23.3. The molecule has 174 valence electrons. The molecule has 2 N–H and O–H groups in total. The number of hydrogen-bond donors (Lipinski definition) is 2. The molecule has 0 aliphatic carbocycles. The van der Waals surface area contributed by atoms with Gasteiger partial charge in [0.05, 0.1) is 7.11 Å². The van der Waals surface area contributed by atoms with E-state index in [4.69, 9.17) is 9.47 Å². The van der Waals surface area contributed by atoms with Crippen LogP contribution in [0, 0.1) is 6.92 Å². The molecule has 0 fully saturated rings. The topological polar surface area (TPSA) is 59.6 Å². The molecule has 0 heterocycles. The molecule has 5 nitrogen and oxygen atoms in total. The standard InChI is InChI=1S/C29H30N2O3/c1-21-11-14-24(15-12-21)31-29(32)20-34-28-16-13-22-7-3-5-9-25(22)26(28)19-30-18-17-23-8-4-6-10-27(23)33-2/h3-16,30H,17-20H2,1-2H3,(H,31,32). The summed E-state index contributed by atoms with van der Waals surface area (Å²) in [5, 5.41) is 8.67. The first-order chi connectivity index (χ1) is 16.6. The van der Waals surface area contributed by atoms with Gasteiger partial charge in [-0.15, -0.1) is 0 Å². The van der Waals surface area contributed by atoms with Crippen LogP contribution in [0.1, 0.15) is 16.7 Å². The fourth-order valence-electron chi connectivity index (χ4n) is 3.96. The Bertz CT molecular complexity index is 1250. The van der Waals surface area contributed by atoms with E-state index in [0.29, 0.717) is 12.3 Å². The molecule has 0 saturated carbocycles. The van der Waals surface area contributed by atoms with Crippen LogP contribution in [-0.2, 0) is 17.8 Å². The fraction of sp³-hybridized carbons (Fsp3) is 0.207. The highest BCUT2D eigenvalue weighted by atomic mass is 16.5. The lowest BCUT2D eigenvalue weighted by Gasteiger charge is -2.15. The summed E-state index contributed by atoms with van der Waals surface area (Å²) < 4.78 is 11.4. The molecule has 0 atom stereocenters. The number of hydrogen-bond acceptors (Lipinski definition) is 4. The fourth-order valence-corrected chi connectivity index (χ4v) is 3.96. The van der Waals surface area contributed by atoms with Crippen LogP contribution >= 0.6 is 0 Å². The maximum absolute atomic E-state index is 12.5. The summed E-state index contributed by atoms with van der Waals surface area (Å²) in [7, 11) is 1.70. The van der Waals surface area contributed by atoms with Crippen LogP contribution in [-0.4, -0.2) is 26.2 Å². The van der Waals surface area contributed by atoms with Crippen molar-refractivity contribution >= 4 is 22.4 Å². The van der Waals surface area contributed by atoms with Gasteiger partial charge in [0, 0.05) is 17.8 Å². The first-order valence-electron chi connectivity index (χ1n) is 11.5. The average molecular weight is 455 g/mol. The zero-order valence-corrected chi connectivity index (χ0v) is 19.6. The molecule has 0 aliphatic heterocycles. The van der Waals surface area contributed by atoms with Crippen LogP contribution in [0.3, 0.4) is 0 Å². The van der Waals surface area contributed by atoms with Crippen LogP contribution < -0.4 is 20.1 Å². The Labute approximate surface area is 200 Å². The highest BCUT2D eigenvalue weighted by molar-refractivity contribution is 5.92. The third kappa shape index (κ3) is 5.94. The van der Waals surface area contributed by atoms with Crippen molar-refractivity contribution in [3.05, 3.63) is 102 Å². The molecule has 0 saturated heterocycles. The van der Waals surface area contributed by atoms with Gasteiger partial charge >= 0.3 is 0 Å². The van der Waals surface area contributed by atoms with E-state index in [9.17, 15) is 4.79 Å². The number of fused-ring (bicyclic) bond motifs is 1. The van der Waals surface area contributed by atoms with Gasteiger partial charge < -0.3 is 20.1 Å². The minimum atomic E-state index is -0.188. The molecular weight excluding hydrogens is 424 g/mol. The minimum Gasteiger partial charge on any atom is -0.496 e. The third-order valence-corrected chi connectivity index (χ3v) is 5.76. The predicted octanol–water partition coefficient (Wildman–Crippen LogP) is 5.51. The highest BCUT2D eigenvalue weighted by Crippen LogP contribution is 2.28. The monoisotopic (exact) mass is 454 g/mol. The molecular formula is C29H30N2O3. The summed E-state index contributed by atoms with van der Waals surface area (Å²) in [5.74, 6) is 1.42. The minimum absolute atomic E-state index is 0.0551. The molecule has 4 rings (SSSR count). The van der Waals surface area contributed by atoms with Crippen molar-refractivity contribution in [1.82, 2.24) is 5.32 Å². The zero-order valence-electron chi connectivity index (χ0n) is 19.6. The van der Waals surface area contributed by atoms with E-state index in [1.165, 1.54) is 5.56 Å². The van der Waals surface area contributed by atoms with Gasteiger partial charge in [0.2, 0.25) is 0 Å². The van der Waals surface area contributed by atoms with Crippen molar-refractivity contribution in [1.29, 1.82) is 0 Å². The number of ether oxygens (including phenoxy) is 2. The third-order valence-electron chi connectivity index (χ3n) is 5.76. The average Bonchev–Trinajstić information content (AvgIpc) is 2.87.